The maximum Gasteiger partial charge on any atom is 0.194 e. The minimum atomic E-state index is -1.45. The molecular formula is C11H12F3N. The van der Waals surface area contributed by atoms with Gasteiger partial charge in [0, 0.05) is 24.4 Å². The van der Waals surface area contributed by atoms with E-state index in [1.54, 1.807) is 0 Å². The van der Waals surface area contributed by atoms with E-state index in [0.29, 0.717) is 6.54 Å². The van der Waals surface area contributed by atoms with Crippen LogP contribution in [0.3, 0.4) is 0 Å². The second-order valence-corrected chi connectivity index (χ2v) is 3.21. The highest BCUT2D eigenvalue weighted by molar-refractivity contribution is 5.45. The zero-order valence-electron chi connectivity index (χ0n) is 8.41. The Morgan fingerprint density at radius 3 is 2.27 bits per heavy atom. The average Bonchev–Trinajstić information content (AvgIpc) is 2.22. The quantitative estimate of drug-likeness (QED) is 0.599. The molecule has 0 aromatic heterocycles. The van der Waals surface area contributed by atoms with Crippen LogP contribution in [0, 0.1) is 17.5 Å². The second kappa shape index (κ2) is 4.87. The number of nitrogens with one attached hydrogen (secondary N) is 1. The fourth-order valence-corrected chi connectivity index (χ4v) is 1.01. The van der Waals surface area contributed by atoms with E-state index in [1.807, 2.05) is 6.92 Å². The van der Waals surface area contributed by atoms with Gasteiger partial charge in [0.25, 0.3) is 0 Å². The highest BCUT2D eigenvalue weighted by Crippen LogP contribution is 2.17. The highest BCUT2D eigenvalue weighted by atomic mass is 19.2. The van der Waals surface area contributed by atoms with Gasteiger partial charge in [-0.3, -0.25) is 0 Å². The van der Waals surface area contributed by atoms with Crippen LogP contribution in [0.4, 0.5) is 18.9 Å². The lowest BCUT2D eigenvalue weighted by Crippen LogP contribution is -2.05. The van der Waals surface area contributed by atoms with Gasteiger partial charge in [-0.2, -0.15) is 0 Å². The van der Waals surface area contributed by atoms with Crippen LogP contribution in [0.15, 0.2) is 24.3 Å². The highest BCUT2D eigenvalue weighted by Gasteiger charge is 2.09. The number of benzene rings is 1. The van der Waals surface area contributed by atoms with E-state index in [0.717, 1.165) is 24.1 Å². The van der Waals surface area contributed by atoms with E-state index < -0.39 is 17.5 Å². The van der Waals surface area contributed by atoms with Crippen LogP contribution in [-0.4, -0.2) is 6.54 Å². The van der Waals surface area contributed by atoms with E-state index in [1.165, 1.54) is 0 Å². The summed E-state index contributed by atoms with van der Waals surface area (Å²) < 4.78 is 38.1. The van der Waals surface area contributed by atoms with Gasteiger partial charge in [0.15, 0.2) is 17.5 Å². The summed E-state index contributed by atoms with van der Waals surface area (Å²) in [6.07, 6.45) is 0.777. The molecule has 1 N–H and O–H groups in total. The minimum absolute atomic E-state index is 0.209. The molecular weight excluding hydrogens is 203 g/mol. The molecule has 0 saturated heterocycles. The second-order valence-electron chi connectivity index (χ2n) is 3.21. The van der Waals surface area contributed by atoms with E-state index in [2.05, 4.69) is 11.9 Å². The number of hydrogen-bond acceptors (Lipinski definition) is 1. The number of hydrogen-bond donors (Lipinski definition) is 1. The first kappa shape index (κ1) is 11.6. The molecule has 1 aromatic carbocycles. The van der Waals surface area contributed by atoms with Gasteiger partial charge >= 0.3 is 0 Å². The van der Waals surface area contributed by atoms with Gasteiger partial charge in [-0.25, -0.2) is 13.2 Å². The molecule has 0 saturated carbocycles. The molecule has 0 radical (unpaired) electrons. The topological polar surface area (TPSA) is 12.0 Å². The normalized spacial score (nSPS) is 10.1. The third kappa shape index (κ3) is 3.01. The number of halogens is 3. The van der Waals surface area contributed by atoms with Gasteiger partial charge in [-0.05, 0) is 6.42 Å². The molecule has 0 atom stereocenters. The Morgan fingerprint density at radius 1 is 1.27 bits per heavy atom. The van der Waals surface area contributed by atoms with Crippen LogP contribution in [0.1, 0.15) is 13.3 Å². The van der Waals surface area contributed by atoms with Crippen molar-refractivity contribution in [1.29, 1.82) is 0 Å². The van der Waals surface area contributed by atoms with Gasteiger partial charge in [-0.15, -0.1) is 0 Å². The molecule has 1 rings (SSSR count). The van der Waals surface area contributed by atoms with Crippen molar-refractivity contribution < 1.29 is 13.2 Å². The van der Waals surface area contributed by atoms with E-state index in [9.17, 15) is 13.2 Å². The largest absolute Gasteiger partial charge is 0.381 e. The van der Waals surface area contributed by atoms with Gasteiger partial charge in [0.1, 0.15) is 0 Å². The standard InChI is InChI=1S/C11H12F3N/c1-3-7(2)6-15-8-4-9(12)11(14)10(13)5-8/h4-5,15H,2-3,6H2,1H3. The van der Waals surface area contributed by atoms with Crippen molar-refractivity contribution in [2.45, 2.75) is 13.3 Å². The lowest BCUT2D eigenvalue weighted by atomic mass is 10.2. The Balaban J connectivity index is 2.75. The zero-order valence-corrected chi connectivity index (χ0v) is 8.41. The molecule has 82 valence electrons. The van der Waals surface area contributed by atoms with E-state index in [4.69, 9.17) is 0 Å². The van der Waals surface area contributed by atoms with Crippen LogP contribution >= 0.6 is 0 Å². The molecule has 0 aliphatic heterocycles. The van der Waals surface area contributed by atoms with Crippen molar-refractivity contribution in [2.75, 3.05) is 11.9 Å². The first-order chi connectivity index (χ1) is 7.04. The predicted octanol–water partition coefficient (Wildman–Crippen LogP) is 3.48. The summed E-state index contributed by atoms with van der Waals surface area (Å²) >= 11 is 0. The first-order valence-corrected chi connectivity index (χ1v) is 4.59. The Labute approximate surface area is 86.6 Å². The third-order valence-corrected chi connectivity index (χ3v) is 2.03. The SMILES string of the molecule is C=C(CC)CNc1cc(F)c(F)c(F)c1. The molecule has 4 heteroatoms. The van der Waals surface area contributed by atoms with Crippen LogP contribution in [-0.2, 0) is 0 Å². The molecule has 1 aromatic rings. The monoisotopic (exact) mass is 215 g/mol. The molecule has 0 amide bonds. The Bertz CT molecular complexity index is 351. The lowest BCUT2D eigenvalue weighted by molar-refractivity contribution is 0.448. The van der Waals surface area contributed by atoms with Gasteiger partial charge in [0.2, 0.25) is 0 Å². The fourth-order valence-electron chi connectivity index (χ4n) is 1.01. The average molecular weight is 215 g/mol. The van der Waals surface area contributed by atoms with E-state index >= 15 is 0 Å². The Kier molecular flexibility index (Phi) is 3.77. The maximum absolute atomic E-state index is 12.8. The molecule has 0 unspecified atom stereocenters. The van der Waals surface area contributed by atoms with Gasteiger partial charge in [-0.1, -0.05) is 19.1 Å². The van der Waals surface area contributed by atoms with Crippen LogP contribution in [0.5, 0.6) is 0 Å². The van der Waals surface area contributed by atoms with Crippen molar-refractivity contribution in [3.05, 3.63) is 41.7 Å². The maximum atomic E-state index is 12.8. The number of anilines is 1. The summed E-state index contributed by atoms with van der Waals surface area (Å²) in [5, 5.41) is 2.76. The van der Waals surface area contributed by atoms with Gasteiger partial charge < -0.3 is 5.32 Å². The summed E-state index contributed by atoms with van der Waals surface area (Å²) in [6, 6.07) is 1.84. The molecule has 15 heavy (non-hydrogen) atoms. The molecule has 0 aliphatic carbocycles. The molecule has 1 nitrogen and oxygen atoms in total. The number of rotatable bonds is 4. The van der Waals surface area contributed by atoms with Crippen LogP contribution in [0.25, 0.3) is 0 Å². The summed E-state index contributed by atoms with van der Waals surface area (Å²) in [6.45, 7) is 6.07. The van der Waals surface area contributed by atoms with Gasteiger partial charge in [0.05, 0.1) is 0 Å². The molecule has 0 bridgehead atoms. The van der Waals surface area contributed by atoms with Crippen molar-refractivity contribution in [3.63, 3.8) is 0 Å². The summed E-state index contributed by atoms with van der Waals surface area (Å²) in [4.78, 5) is 0. The smallest absolute Gasteiger partial charge is 0.194 e. The lowest BCUT2D eigenvalue weighted by Gasteiger charge is -2.08. The summed E-state index contributed by atoms with van der Waals surface area (Å²) in [5.74, 6) is -3.84. The summed E-state index contributed by atoms with van der Waals surface area (Å²) in [7, 11) is 0. The van der Waals surface area contributed by atoms with Crippen LogP contribution in [0.2, 0.25) is 0 Å². The van der Waals surface area contributed by atoms with Crippen molar-refractivity contribution >= 4 is 5.69 Å². The van der Waals surface area contributed by atoms with Crippen LogP contribution < -0.4 is 5.32 Å². The first-order valence-electron chi connectivity index (χ1n) is 4.59. The van der Waals surface area contributed by atoms with Crippen molar-refractivity contribution in [1.82, 2.24) is 0 Å². The fraction of sp³-hybridized carbons (Fsp3) is 0.273. The third-order valence-electron chi connectivity index (χ3n) is 2.03. The Hall–Kier alpha value is -1.45. The molecule has 0 spiro atoms. The van der Waals surface area contributed by atoms with E-state index in [-0.39, 0.29) is 5.69 Å². The Morgan fingerprint density at radius 2 is 1.80 bits per heavy atom. The minimum Gasteiger partial charge on any atom is -0.381 e. The molecule has 0 fully saturated rings. The molecule has 0 aliphatic rings. The van der Waals surface area contributed by atoms with Crippen molar-refractivity contribution in [2.24, 2.45) is 0 Å². The predicted molar refractivity (Wildman–Crippen MR) is 54.2 cm³/mol. The summed E-state index contributed by atoms with van der Waals surface area (Å²) in [5.41, 5.74) is 1.11. The van der Waals surface area contributed by atoms with Crippen molar-refractivity contribution in [3.8, 4) is 0 Å². The molecule has 0 heterocycles. The zero-order chi connectivity index (χ0) is 11.4.